The van der Waals surface area contributed by atoms with Gasteiger partial charge in [0.2, 0.25) is 0 Å². The van der Waals surface area contributed by atoms with Gasteiger partial charge in [-0.2, -0.15) is 0 Å². The minimum Gasteiger partial charge on any atom is -0.314 e. The molecule has 2 rings (SSSR count). The monoisotopic (exact) mass is 295 g/mol. The largest absolute Gasteiger partial charge is 0.314 e. The van der Waals surface area contributed by atoms with Gasteiger partial charge in [-0.25, -0.2) is 4.39 Å². The van der Waals surface area contributed by atoms with Crippen molar-refractivity contribution in [2.45, 2.75) is 26.3 Å². The van der Waals surface area contributed by atoms with Gasteiger partial charge in [0.15, 0.2) is 0 Å². The Balaban J connectivity index is 2.37. The molecule has 0 saturated carbocycles. The van der Waals surface area contributed by atoms with Gasteiger partial charge in [0.1, 0.15) is 5.82 Å². The van der Waals surface area contributed by atoms with Crippen LogP contribution in [0.3, 0.4) is 0 Å². The van der Waals surface area contributed by atoms with Crippen LogP contribution in [0.4, 0.5) is 10.1 Å². The topological polar surface area (TPSA) is 58.4 Å². The number of nitrogens with zero attached hydrogens (tertiary/aromatic N) is 2. The standard InChI is InChI=1S/C15H22FN3O2/c1-11(2)9-14(18-7-5-17-6-8-18)13-4-3-12(16)10-15(13)19(20)21/h3-4,10-11,14,17H,5-9H2,1-2H3/t14-/m0/s1. The number of benzene rings is 1. The van der Waals surface area contributed by atoms with E-state index in [-0.39, 0.29) is 11.7 Å². The number of nitro groups is 1. The molecule has 6 heteroatoms. The normalized spacial score (nSPS) is 17.9. The van der Waals surface area contributed by atoms with E-state index in [0.717, 1.165) is 38.7 Å². The Morgan fingerprint density at radius 3 is 2.62 bits per heavy atom. The first-order valence-corrected chi connectivity index (χ1v) is 7.37. The lowest BCUT2D eigenvalue weighted by Gasteiger charge is -2.35. The van der Waals surface area contributed by atoms with Crippen molar-refractivity contribution < 1.29 is 9.31 Å². The summed E-state index contributed by atoms with van der Waals surface area (Å²) in [5.41, 5.74) is 0.510. The molecule has 0 amide bonds. The molecule has 1 aliphatic heterocycles. The van der Waals surface area contributed by atoms with Crippen LogP contribution in [0.25, 0.3) is 0 Å². The Kier molecular flexibility index (Phi) is 5.25. The van der Waals surface area contributed by atoms with Gasteiger partial charge < -0.3 is 5.32 Å². The zero-order valence-corrected chi connectivity index (χ0v) is 12.5. The maximum absolute atomic E-state index is 13.3. The number of halogens is 1. The average molecular weight is 295 g/mol. The first-order chi connectivity index (χ1) is 9.99. The van der Waals surface area contributed by atoms with Gasteiger partial charge in [0.05, 0.1) is 11.0 Å². The van der Waals surface area contributed by atoms with Crippen LogP contribution in [0, 0.1) is 21.8 Å². The molecule has 0 spiro atoms. The van der Waals surface area contributed by atoms with Crippen LogP contribution >= 0.6 is 0 Å². The maximum atomic E-state index is 13.3. The molecule has 0 aromatic heterocycles. The fourth-order valence-corrected chi connectivity index (χ4v) is 2.87. The molecule has 1 N–H and O–H groups in total. The van der Waals surface area contributed by atoms with Crippen molar-refractivity contribution in [1.82, 2.24) is 10.2 Å². The highest BCUT2D eigenvalue weighted by Crippen LogP contribution is 2.34. The summed E-state index contributed by atoms with van der Waals surface area (Å²) in [7, 11) is 0. The second-order valence-corrected chi connectivity index (χ2v) is 5.89. The fraction of sp³-hybridized carbons (Fsp3) is 0.600. The van der Waals surface area contributed by atoms with Crippen molar-refractivity contribution >= 4 is 5.69 Å². The molecular formula is C15H22FN3O2. The molecule has 1 aromatic carbocycles. The molecule has 1 fully saturated rings. The van der Waals surface area contributed by atoms with E-state index in [1.165, 1.54) is 6.07 Å². The Labute approximate surface area is 124 Å². The number of nitrogens with one attached hydrogen (secondary N) is 1. The van der Waals surface area contributed by atoms with Gasteiger partial charge in [0, 0.05) is 37.8 Å². The minimum atomic E-state index is -0.561. The summed E-state index contributed by atoms with van der Waals surface area (Å²) in [5, 5.41) is 14.5. The van der Waals surface area contributed by atoms with Gasteiger partial charge in [-0.3, -0.25) is 15.0 Å². The Bertz CT molecular complexity index is 502. The van der Waals surface area contributed by atoms with Gasteiger partial charge in [-0.1, -0.05) is 13.8 Å². The summed E-state index contributed by atoms with van der Waals surface area (Å²) in [4.78, 5) is 13.0. The second kappa shape index (κ2) is 6.95. The maximum Gasteiger partial charge on any atom is 0.277 e. The molecule has 0 unspecified atom stereocenters. The molecule has 1 aliphatic rings. The smallest absolute Gasteiger partial charge is 0.277 e. The van der Waals surface area contributed by atoms with Crippen LogP contribution in [-0.4, -0.2) is 36.0 Å². The number of rotatable bonds is 5. The molecule has 21 heavy (non-hydrogen) atoms. The highest BCUT2D eigenvalue weighted by molar-refractivity contribution is 5.42. The number of nitro benzene ring substituents is 1. The summed E-state index contributed by atoms with van der Waals surface area (Å²) < 4.78 is 13.3. The van der Waals surface area contributed by atoms with E-state index < -0.39 is 10.7 Å². The van der Waals surface area contributed by atoms with E-state index in [4.69, 9.17) is 0 Å². The highest BCUT2D eigenvalue weighted by atomic mass is 19.1. The van der Waals surface area contributed by atoms with E-state index in [1.807, 2.05) is 0 Å². The summed E-state index contributed by atoms with van der Waals surface area (Å²) >= 11 is 0. The summed E-state index contributed by atoms with van der Waals surface area (Å²) in [6.07, 6.45) is 0.826. The first kappa shape index (κ1) is 15.9. The zero-order valence-electron chi connectivity index (χ0n) is 12.5. The zero-order chi connectivity index (χ0) is 15.4. The van der Waals surface area contributed by atoms with Crippen LogP contribution in [0.15, 0.2) is 18.2 Å². The van der Waals surface area contributed by atoms with E-state index in [0.29, 0.717) is 11.5 Å². The summed E-state index contributed by atoms with van der Waals surface area (Å²) in [6.45, 7) is 7.67. The van der Waals surface area contributed by atoms with Crippen molar-refractivity contribution in [3.63, 3.8) is 0 Å². The van der Waals surface area contributed by atoms with Crippen molar-refractivity contribution in [2.24, 2.45) is 5.92 Å². The third-order valence-electron chi connectivity index (χ3n) is 3.84. The molecule has 0 bridgehead atoms. The van der Waals surface area contributed by atoms with Gasteiger partial charge in [-0.05, 0) is 24.5 Å². The van der Waals surface area contributed by atoms with Crippen LogP contribution in [0.2, 0.25) is 0 Å². The van der Waals surface area contributed by atoms with Crippen molar-refractivity contribution in [2.75, 3.05) is 26.2 Å². The molecule has 1 atom stereocenters. The molecule has 0 radical (unpaired) electrons. The predicted molar refractivity (Wildman–Crippen MR) is 79.7 cm³/mol. The number of hydrogen-bond acceptors (Lipinski definition) is 4. The van der Waals surface area contributed by atoms with Crippen molar-refractivity contribution in [3.05, 3.63) is 39.7 Å². The van der Waals surface area contributed by atoms with Crippen molar-refractivity contribution in [3.8, 4) is 0 Å². The number of piperazine rings is 1. The molecule has 0 aliphatic carbocycles. The van der Waals surface area contributed by atoms with Crippen LogP contribution in [0.5, 0.6) is 0 Å². The predicted octanol–water partition coefficient (Wildman–Crippen LogP) is 2.73. The molecule has 1 saturated heterocycles. The third kappa shape index (κ3) is 3.98. The molecule has 1 aromatic rings. The number of hydrogen-bond donors (Lipinski definition) is 1. The second-order valence-electron chi connectivity index (χ2n) is 5.89. The summed E-state index contributed by atoms with van der Waals surface area (Å²) in [6, 6.07) is 3.89. The summed E-state index contributed by atoms with van der Waals surface area (Å²) in [5.74, 6) is -0.149. The Morgan fingerprint density at radius 2 is 2.05 bits per heavy atom. The molecular weight excluding hydrogens is 273 g/mol. The van der Waals surface area contributed by atoms with Crippen LogP contribution in [0.1, 0.15) is 31.9 Å². The van der Waals surface area contributed by atoms with Gasteiger partial charge >= 0.3 is 0 Å². The van der Waals surface area contributed by atoms with Crippen LogP contribution in [-0.2, 0) is 0 Å². The van der Waals surface area contributed by atoms with E-state index in [2.05, 4.69) is 24.1 Å². The molecule has 5 nitrogen and oxygen atoms in total. The van der Waals surface area contributed by atoms with E-state index >= 15 is 0 Å². The highest BCUT2D eigenvalue weighted by Gasteiger charge is 2.29. The lowest BCUT2D eigenvalue weighted by Crippen LogP contribution is -2.45. The lowest BCUT2D eigenvalue weighted by molar-refractivity contribution is -0.386. The Hall–Kier alpha value is -1.53. The van der Waals surface area contributed by atoms with Crippen LogP contribution < -0.4 is 5.32 Å². The fourth-order valence-electron chi connectivity index (χ4n) is 2.87. The van der Waals surface area contributed by atoms with Gasteiger partial charge in [0.25, 0.3) is 5.69 Å². The van der Waals surface area contributed by atoms with E-state index in [1.54, 1.807) is 6.07 Å². The quantitative estimate of drug-likeness (QED) is 0.670. The SMILES string of the molecule is CC(C)C[C@@H](c1ccc(F)cc1[N+](=O)[O-])N1CCNCC1. The molecule has 1 heterocycles. The lowest BCUT2D eigenvalue weighted by atomic mass is 9.93. The first-order valence-electron chi connectivity index (χ1n) is 7.37. The van der Waals surface area contributed by atoms with Crippen molar-refractivity contribution in [1.29, 1.82) is 0 Å². The van der Waals surface area contributed by atoms with E-state index in [9.17, 15) is 14.5 Å². The Morgan fingerprint density at radius 1 is 1.38 bits per heavy atom. The average Bonchev–Trinajstić information content (AvgIpc) is 2.45. The molecule has 116 valence electrons. The van der Waals surface area contributed by atoms with Gasteiger partial charge in [-0.15, -0.1) is 0 Å². The minimum absolute atomic E-state index is 0.0342. The third-order valence-corrected chi connectivity index (χ3v) is 3.84.